The lowest BCUT2D eigenvalue weighted by Gasteiger charge is -2.11. The molecule has 0 spiro atoms. The van der Waals surface area contributed by atoms with Crippen molar-refractivity contribution < 1.29 is 19.1 Å². The molecule has 2 amide bonds. The second kappa shape index (κ2) is 3.61. The topological polar surface area (TPSA) is 72.5 Å². The van der Waals surface area contributed by atoms with Gasteiger partial charge >= 0.3 is 5.97 Å². The number of ether oxygens (including phenoxy) is 1. The monoisotopic (exact) mass is 197 g/mol. The number of amides is 2. The van der Waals surface area contributed by atoms with E-state index in [1.54, 1.807) is 6.92 Å². The van der Waals surface area contributed by atoms with Gasteiger partial charge in [-0.1, -0.05) is 0 Å². The van der Waals surface area contributed by atoms with E-state index in [9.17, 15) is 14.4 Å². The first-order chi connectivity index (χ1) is 6.43. The highest BCUT2D eigenvalue weighted by Gasteiger charge is 2.31. The molecule has 0 saturated heterocycles. The average molecular weight is 197 g/mol. The van der Waals surface area contributed by atoms with Gasteiger partial charge in [-0.05, 0) is 13.8 Å². The van der Waals surface area contributed by atoms with E-state index in [1.165, 1.54) is 13.8 Å². The molecule has 0 fully saturated rings. The molecule has 0 aromatic rings. The molecular weight excluding hydrogens is 186 g/mol. The minimum absolute atomic E-state index is 0.227. The summed E-state index contributed by atoms with van der Waals surface area (Å²) in [5.74, 6) is -1.39. The third kappa shape index (κ3) is 1.81. The van der Waals surface area contributed by atoms with Crippen LogP contribution >= 0.6 is 0 Å². The van der Waals surface area contributed by atoms with E-state index in [-0.39, 0.29) is 5.57 Å². The number of hydrogen-bond acceptors (Lipinski definition) is 4. The Bertz CT molecular complexity index is 343. The second-order valence-electron chi connectivity index (χ2n) is 3.07. The summed E-state index contributed by atoms with van der Waals surface area (Å²) < 4.78 is 4.81. The van der Waals surface area contributed by atoms with E-state index >= 15 is 0 Å². The Labute approximate surface area is 81.1 Å². The number of nitrogens with one attached hydrogen (secondary N) is 1. The third-order valence-electron chi connectivity index (χ3n) is 1.97. The highest BCUT2D eigenvalue weighted by atomic mass is 16.5. The van der Waals surface area contributed by atoms with E-state index in [1.807, 2.05) is 0 Å². The Morgan fingerprint density at radius 2 is 1.93 bits per heavy atom. The normalized spacial score (nSPS) is 18.2. The highest BCUT2D eigenvalue weighted by molar-refractivity contribution is 6.19. The van der Waals surface area contributed by atoms with Gasteiger partial charge in [0.1, 0.15) is 6.10 Å². The Morgan fingerprint density at radius 1 is 1.36 bits per heavy atom. The molecule has 0 saturated carbocycles. The van der Waals surface area contributed by atoms with E-state index in [0.29, 0.717) is 5.57 Å². The Kier molecular flexibility index (Phi) is 2.69. The van der Waals surface area contributed by atoms with Crippen molar-refractivity contribution in [2.24, 2.45) is 0 Å². The quantitative estimate of drug-likeness (QED) is 0.496. The van der Waals surface area contributed by atoms with E-state index < -0.39 is 23.9 Å². The van der Waals surface area contributed by atoms with Crippen molar-refractivity contribution in [1.82, 2.24) is 5.32 Å². The molecule has 1 aliphatic heterocycles. The summed E-state index contributed by atoms with van der Waals surface area (Å²) in [4.78, 5) is 32.9. The molecule has 1 aliphatic rings. The van der Waals surface area contributed by atoms with Crippen LogP contribution in [-0.2, 0) is 19.1 Å². The molecule has 76 valence electrons. The molecular formula is C9H11NO4. The smallest absolute Gasteiger partial charge is 0.303 e. The fourth-order valence-corrected chi connectivity index (χ4v) is 1.35. The number of carbonyl (C=O) groups excluding carboxylic acids is 3. The summed E-state index contributed by atoms with van der Waals surface area (Å²) in [5.41, 5.74) is 0.536. The molecule has 1 heterocycles. The molecule has 0 radical (unpaired) electrons. The van der Waals surface area contributed by atoms with Gasteiger partial charge in [0.25, 0.3) is 11.8 Å². The summed E-state index contributed by atoms with van der Waals surface area (Å²) in [6.45, 7) is 4.33. The Morgan fingerprint density at radius 3 is 2.29 bits per heavy atom. The summed E-state index contributed by atoms with van der Waals surface area (Å²) in [6, 6.07) is 0. The van der Waals surface area contributed by atoms with Crippen LogP contribution in [0.25, 0.3) is 0 Å². The first-order valence-electron chi connectivity index (χ1n) is 4.17. The zero-order valence-corrected chi connectivity index (χ0v) is 8.21. The van der Waals surface area contributed by atoms with Crippen LogP contribution in [0.2, 0.25) is 0 Å². The lowest BCUT2D eigenvalue weighted by molar-refractivity contribution is -0.144. The van der Waals surface area contributed by atoms with Crippen LogP contribution in [0.3, 0.4) is 0 Å². The minimum atomic E-state index is -0.682. The fraction of sp³-hybridized carbons (Fsp3) is 0.444. The van der Waals surface area contributed by atoms with Crippen molar-refractivity contribution in [2.45, 2.75) is 26.9 Å². The van der Waals surface area contributed by atoms with Crippen LogP contribution in [0.15, 0.2) is 11.1 Å². The summed E-state index contributed by atoms with van der Waals surface area (Å²) in [6.07, 6.45) is -0.682. The lowest BCUT2D eigenvalue weighted by Crippen LogP contribution is -2.26. The third-order valence-corrected chi connectivity index (χ3v) is 1.97. The Hall–Kier alpha value is -1.65. The number of carbonyl (C=O) groups is 3. The maximum Gasteiger partial charge on any atom is 0.303 e. The first kappa shape index (κ1) is 10.4. The van der Waals surface area contributed by atoms with Gasteiger partial charge < -0.3 is 4.74 Å². The average Bonchev–Trinajstić information content (AvgIpc) is 2.25. The molecule has 1 atom stereocenters. The van der Waals surface area contributed by atoms with Gasteiger partial charge in [0.05, 0.1) is 5.57 Å². The van der Waals surface area contributed by atoms with Gasteiger partial charge in [0.15, 0.2) is 0 Å². The molecule has 0 aromatic heterocycles. The largest absolute Gasteiger partial charge is 0.458 e. The maximum absolute atomic E-state index is 11.2. The van der Waals surface area contributed by atoms with Crippen molar-refractivity contribution in [2.75, 3.05) is 0 Å². The maximum atomic E-state index is 11.2. The predicted octanol–water partition coefficient (Wildman–Crippen LogP) is -0.0891. The van der Waals surface area contributed by atoms with Crippen LogP contribution < -0.4 is 5.32 Å². The molecule has 0 bridgehead atoms. The zero-order valence-electron chi connectivity index (χ0n) is 8.21. The van der Waals surface area contributed by atoms with E-state index in [0.717, 1.165) is 0 Å². The van der Waals surface area contributed by atoms with Gasteiger partial charge in [0, 0.05) is 12.5 Å². The lowest BCUT2D eigenvalue weighted by atomic mass is 10.1. The van der Waals surface area contributed by atoms with Crippen molar-refractivity contribution in [1.29, 1.82) is 0 Å². The van der Waals surface area contributed by atoms with E-state index in [2.05, 4.69) is 5.32 Å². The molecule has 5 heteroatoms. The minimum Gasteiger partial charge on any atom is -0.458 e. The van der Waals surface area contributed by atoms with Crippen molar-refractivity contribution in [3.63, 3.8) is 0 Å². The first-order valence-corrected chi connectivity index (χ1v) is 4.17. The molecule has 1 rings (SSSR count). The number of rotatable bonds is 2. The standard InChI is InChI=1S/C9H11NO4/c1-4-7(5(2)14-6(3)11)9(13)10-8(4)12/h5H,1-3H3,(H,10,12,13). The fourth-order valence-electron chi connectivity index (χ4n) is 1.35. The number of esters is 1. The SMILES string of the molecule is CC(=O)OC(C)C1=C(C)C(=O)NC1=O. The van der Waals surface area contributed by atoms with Crippen molar-refractivity contribution >= 4 is 17.8 Å². The van der Waals surface area contributed by atoms with Crippen molar-refractivity contribution in [3.05, 3.63) is 11.1 Å². The summed E-state index contributed by atoms with van der Waals surface area (Å²) in [7, 11) is 0. The van der Waals surface area contributed by atoms with Crippen LogP contribution in [0, 0.1) is 0 Å². The molecule has 14 heavy (non-hydrogen) atoms. The Balaban J connectivity index is 2.91. The van der Waals surface area contributed by atoms with Gasteiger partial charge in [0.2, 0.25) is 0 Å². The highest BCUT2D eigenvalue weighted by Crippen LogP contribution is 2.17. The summed E-state index contributed by atoms with van der Waals surface area (Å²) in [5, 5.41) is 2.13. The predicted molar refractivity (Wildman–Crippen MR) is 47.1 cm³/mol. The van der Waals surface area contributed by atoms with Crippen molar-refractivity contribution in [3.8, 4) is 0 Å². The molecule has 1 unspecified atom stereocenters. The van der Waals surface area contributed by atoms with Crippen LogP contribution in [0.4, 0.5) is 0 Å². The zero-order chi connectivity index (χ0) is 10.9. The number of imide groups is 1. The molecule has 5 nitrogen and oxygen atoms in total. The van der Waals surface area contributed by atoms with E-state index in [4.69, 9.17) is 4.74 Å². The van der Waals surface area contributed by atoms with Crippen LogP contribution in [-0.4, -0.2) is 23.9 Å². The van der Waals surface area contributed by atoms with Crippen LogP contribution in [0.1, 0.15) is 20.8 Å². The molecule has 0 aromatic carbocycles. The van der Waals surface area contributed by atoms with Gasteiger partial charge in [-0.3, -0.25) is 19.7 Å². The van der Waals surface area contributed by atoms with Crippen LogP contribution in [0.5, 0.6) is 0 Å². The summed E-state index contributed by atoms with van der Waals surface area (Å²) >= 11 is 0. The second-order valence-corrected chi connectivity index (χ2v) is 3.07. The molecule has 1 N–H and O–H groups in total. The van der Waals surface area contributed by atoms with Gasteiger partial charge in [-0.15, -0.1) is 0 Å². The molecule has 0 aliphatic carbocycles. The van der Waals surface area contributed by atoms with Gasteiger partial charge in [-0.2, -0.15) is 0 Å². The number of hydrogen-bond donors (Lipinski definition) is 1. The van der Waals surface area contributed by atoms with Gasteiger partial charge in [-0.25, -0.2) is 0 Å².